The number of amides is 2. The normalized spacial score (nSPS) is 24.4. The van der Waals surface area contributed by atoms with Crippen LogP contribution in [-0.2, 0) is 11.2 Å². The second-order valence-electron chi connectivity index (χ2n) is 7.05. The Morgan fingerprint density at radius 2 is 2.07 bits per heavy atom. The van der Waals surface area contributed by atoms with E-state index in [1.54, 1.807) is 19.2 Å². The summed E-state index contributed by atoms with van der Waals surface area (Å²) in [6.07, 6.45) is 8.07. The lowest BCUT2D eigenvalue weighted by molar-refractivity contribution is -0.0980. The highest BCUT2D eigenvalue weighted by Crippen LogP contribution is 2.58. The molecule has 1 aromatic heterocycles. The van der Waals surface area contributed by atoms with Crippen molar-refractivity contribution in [3.8, 4) is 5.69 Å². The minimum Gasteiger partial charge on any atom is -0.341 e. The van der Waals surface area contributed by atoms with Crippen molar-refractivity contribution < 1.29 is 14.0 Å². The molecule has 6 nitrogen and oxygen atoms in total. The first-order valence-corrected chi connectivity index (χ1v) is 8.99. The maximum Gasteiger partial charge on any atom is 0.318 e. The molecule has 1 saturated carbocycles. The Bertz CT molecular complexity index is 921. The van der Waals surface area contributed by atoms with Crippen LogP contribution in [0.2, 0.25) is 0 Å². The molecular formula is C20H21FN4O2. The van der Waals surface area contributed by atoms with Gasteiger partial charge in [-0.1, -0.05) is 0 Å². The van der Waals surface area contributed by atoms with Crippen molar-refractivity contribution in [2.24, 2.45) is 0 Å². The predicted molar refractivity (Wildman–Crippen MR) is 99.0 cm³/mol. The predicted octanol–water partition coefficient (Wildman–Crippen LogP) is 2.71. The van der Waals surface area contributed by atoms with Crippen molar-refractivity contribution in [1.29, 1.82) is 0 Å². The van der Waals surface area contributed by atoms with Gasteiger partial charge in [-0.2, -0.15) is 5.10 Å². The average molecular weight is 368 g/mol. The lowest BCUT2D eigenvalue weighted by Crippen LogP contribution is -2.35. The number of nitrogens with zero attached hydrogens (tertiary/aromatic N) is 3. The third-order valence-corrected chi connectivity index (χ3v) is 5.87. The van der Waals surface area contributed by atoms with Crippen LogP contribution in [0.5, 0.6) is 0 Å². The number of urea groups is 1. The first-order valence-electron chi connectivity index (χ1n) is 8.99. The molecule has 1 saturated heterocycles. The van der Waals surface area contributed by atoms with Gasteiger partial charge in [0.15, 0.2) is 0 Å². The molecule has 2 unspecified atom stereocenters. The molecule has 2 heterocycles. The maximum absolute atomic E-state index is 13.2. The van der Waals surface area contributed by atoms with Crippen LogP contribution in [0.4, 0.5) is 9.18 Å². The van der Waals surface area contributed by atoms with E-state index in [0.29, 0.717) is 6.04 Å². The van der Waals surface area contributed by atoms with E-state index in [1.165, 1.54) is 17.7 Å². The molecule has 140 valence electrons. The summed E-state index contributed by atoms with van der Waals surface area (Å²) in [4.78, 5) is 22.3. The van der Waals surface area contributed by atoms with Crippen LogP contribution < -0.4 is 5.32 Å². The average Bonchev–Trinajstić information content (AvgIpc) is 3.19. The fraction of sp³-hybridized carbons (Fsp3) is 0.350. The van der Waals surface area contributed by atoms with Crippen LogP contribution in [0.15, 0.2) is 36.0 Å². The summed E-state index contributed by atoms with van der Waals surface area (Å²) < 4.78 is 15.1. The fourth-order valence-corrected chi connectivity index (χ4v) is 4.71. The molecule has 2 atom stereocenters. The molecular weight excluding hydrogens is 347 g/mol. The number of rotatable bonds is 1. The molecule has 5 rings (SSSR count). The first kappa shape index (κ1) is 17.5. The second-order valence-corrected chi connectivity index (χ2v) is 7.05. The molecule has 27 heavy (non-hydrogen) atoms. The molecule has 1 aromatic carbocycles. The molecule has 2 fully saturated rings. The highest BCUT2D eigenvalue weighted by molar-refractivity contribution is 5.83. The Balaban J connectivity index is 0.000000872. The van der Waals surface area contributed by atoms with Gasteiger partial charge in [-0.3, -0.25) is 0 Å². The van der Waals surface area contributed by atoms with Crippen LogP contribution in [0.25, 0.3) is 11.8 Å². The van der Waals surface area contributed by atoms with Gasteiger partial charge in [0, 0.05) is 19.0 Å². The Kier molecular flexibility index (Phi) is 4.09. The summed E-state index contributed by atoms with van der Waals surface area (Å²) >= 11 is 0. The smallest absolute Gasteiger partial charge is 0.318 e. The molecule has 0 bridgehead atoms. The largest absolute Gasteiger partial charge is 0.341 e. The number of hydrogen-bond donors (Lipinski definition) is 1. The third kappa shape index (κ3) is 2.41. The number of benzene rings is 1. The molecule has 3 aliphatic rings. The Morgan fingerprint density at radius 3 is 2.78 bits per heavy atom. The van der Waals surface area contributed by atoms with Crippen molar-refractivity contribution in [2.45, 2.75) is 37.3 Å². The van der Waals surface area contributed by atoms with Gasteiger partial charge in [-0.25, -0.2) is 13.9 Å². The van der Waals surface area contributed by atoms with Crippen molar-refractivity contribution in [1.82, 2.24) is 20.0 Å². The van der Waals surface area contributed by atoms with Crippen molar-refractivity contribution >= 4 is 18.9 Å². The molecule has 7 heteroatoms. The Morgan fingerprint density at radius 1 is 1.33 bits per heavy atom. The van der Waals surface area contributed by atoms with Gasteiger partial charge in [0.25, 0.3) is 0 Å². The number of halogens is 1. The number of likely N-dealkylation sites (tertiary alicyclic amines) is 1. The van der Waals surface area contributed by atoms with Crippen molar-refractivity contribution in [2.75, 3.05) is 7.05 Å². The minimum absolute atomic E-state index is 0.00664. The molecule has 1 spiro atoms. The summed E-state index contributed by atoms with van der Waals surface area (Å²) in [6.45, 7) is 2.00. The van der Waals surface area contributed by atoms with E-state index >= 15 is 0 Å². The summed E-state index contributed by atoms with van der Waals surface area (Å²) in [7, 11) is 1.69. The van der Waals surface area contributed by atoms with Crippen LogP contribution in [0.1, 0.15) is 30.5 Å². The van der Waals surface area contributed by atoms with Crippen LogP contribution in [-0.4, -0.2) is 46.1 Å². The standard InChI is InChI=1S/C19H19FN4O.CH2O/c1-21-18(25)23-17-4-2-3-13-9-16-12(10-19(13,17)23)11-22-24(16)15-7-5-14(20)6-8-15;1-2/h5-9,11,17H,2-4,10H2,1H3,(H,21,25);1H2. The lowest BCUT2D eigenvalue weighted by Gasteiger charge is -2.28. The van der Waals surface area contributed by atoms with Gasteiger partial charge in [0.05, 0.1) is 29.2 Å². The molecule has 2 aliphatic carbocycles. The molecule has 1 aliphatic heterocycles. The van der Waals surface area contributed by atoms with Gasteiger partial charge in [0.2, 0.25) is 0 Å². The minimum atomic E-state index is -0.253. The second kappa shape index (κ2) is 6.33. The first-order chi connectivity index (χ1) is 13.1. The number of aromatic nitrogens is 2. The van der Waals surface area contributed by atoms with E-state index in [9.17, 15) is 9.18 Å². The molecule has 2 aromatic rings. The van der Waals surface area contributed by atoms with Gasteiger partial charge in [-0.05, 0) is 55.2 Å². The number of carbonyl (C=O) groups excluding carboxylic acids is 2. The van der Waals surface area contributed by atoms with E-state index in [-0.39, 0.29) is 17.4 Å². The van der Waals surface area contributed by atoms with Crippen molar-refractivity contribution in [3.05, 3.63) is 53.1 Å². The van der Waals surface area contributed by atoms with Crippen LogP contribution in [0, 0.1) is 5.82 Å². The Labute approximate surface area is 156 Å². The number of carbonyl (C=O) groups is 2. The number of hydrogen-bond acceptors (Lipinski definition) is 3. The molecule has 0 radical (unpaired) electrons. The zero-order chi connectivity index (χ0) is 19.2. The lowest BCUT2D eigenvalue weighted by atomic mass is 9.76. The van der Waals surface area contributed by atoms with Gasteiger partial charge >= 0.3 is 6.03 Å². The summed E-state index contributed by atoms with van der Waals surface area (Å²) in [5.74, 6) is -0.253. The van der Waals surface area contributed by atoms with E-state index < -0.39 is 0 Å². The van der Waals surface area contributed by atoms with E-state index in [2.05, 4.69) is 16.5 Å². The van der Waals surface area contributed by atoms with E-state index in [1.807, 2.05) is 22.6 Å². The van der Waals surface area contributed by atoms with Gasteiger partial charge < -0.3 is 15.0 Å². The quantitative estimate of drug-likeness (QED) is 0.787. The van der Waals surface area contributed by atoms with Gasteiger partial charge in [-0.15, -0.1) is 0 Å². The zero-order valence-corrected chi connectivity index (χ0v) is 15.1. The molecule has 1 N–H and O–H groups in total. The third-order valence-electron chi connectivity index (χ3n) is 5.87. The fourth-order valence-electron chi connectivity index (χ4n) is 4.71. The van der Waals surface area contributed by atoms with Crippen LogP contribution in [0.3, 0.4) is 0 Å². The maximum atomic E-state index is 13.2. The van der Waals surface area contributed by atoms with Gasteiger partial charge in [0.1, 0.15) is 12.6 Å². The number of nitrogens with one attached hydrogen (secondary N) is 1. The van der Waals surface area contributed by atoms with E-state index in [0.717, 1.165) is 42.6 Å². The highest BCUT2D eigenvalue weighted by atomic mass is 19.1. The topological polar surface area (TPSA) is 67.0 Å². The van der Waals surface area contributed by atoms with Crippen molar-refractivity contribution in [3.63, 3.8) is 0 Å². The monoisotopic (exact) mass is 368 g/mol. The van der Waals surface area contributed by atoms with Crippen LogP contribution >= 0.6 is 0 Å². The van der Waals surface area contributed by atoms with E-state index in [4.69, 9.17) is 4.79 Å². The summed E-state index contributed by atoms with van der Waals surface area (Å²) in [5.41, 5.74) is 4.22. The highest BCUT2D eigenvalue weighted by Gasteiger charge is 2.68. The summed E-state index contributed by atoms with van der Waals surface area (Å²) in [5, 5.41) is 7.30. The Hall–Kier alpha value is -2.96. The number of fused-ring (bicyclic) bond motifs is 1. The zero-order valence-electron chi connectivity index (χ0n) is 15.1. The SMILES string of the molecule is C=O.CNC(=O)N1C2CCCC3=Cc4c(cnn4-c4ccc(F)cc4)CC321. The molecule has 2 amide bonds. The summed E-state index contributed by atoms with van der Waals surface area (Å²) in [6, 6.07) is 6.69.